The number of halogens is 1. The van der Waals surface area contributed by atoms with E-state index >= 15 is 0 Å². The summed E-state index contributed by atoms with van der Waals surface area (Å²) in [6.07, 6.45) is 4.02. The molecule has 1 aliphatic carbocycles. The highest BCUT2D eigenvalue weighted by Crippen LogP contribution is 2.22. The van der Waals surface area contributed by atoms with Crippen molar-refractivity contribution in [2.45, 2.75) is 48.8 Å². The Kier molecular flexibility index (Phi) is 4.70. The van der Waals surface area contributed by atoms with Gasteiger partial charge in [0.1, 0.15) is 5.25 Å². The standard InChI is InChI=1S/C14H18ClNO3S/c1-10(14(17)16-12-6-2-3-7-12)20(18,19)13-8-4-5-11(15)9-13/h4-5,8-10,12H,2-3,6-7H2,1H3,(H,16,17)/t10-/m1/s1. The van der Waals surface area contributed by atoms with Gasteiger partial charge in [-0.1, -0.05) is 30.5 Å². The van der Waals surface area contributed by atoms with Crippen LogP contribution in [0, 0.1) is 0 Å². The molecule has 0 aliphatic heterocycles. The van der Waals surface area contributed by atoms with Crippen molar-refractivity contribution in [1.82, 2.24) is 5.32 Å². The van der Waals surface area contributed by atoms with Gasteiger partial charge in [0.15, 0.2) is 9.84 Å². The highest BCUT2D eigenvalue weighted by Gasteiger charge is 2.31. The smallest absolute Gasteiger partial charge is 0.238 e. The van der Waals surface area contributed by atoms with E-state index in [1.165, 1.54) is 19.1 Å². The van der Waals surface area contributed by atoms with E-state index in [1.54, 1.807) is 12.1 Å². The lowest BCUT2D eigenvalue weighted by atomic mass is 10.2. The fourth-order valence-corrected chi connectivity index (χ4v) is 3.95. The van der Waals surface area contributed by atoms with E-state index in [0.717, 1.165) is 25.7 Å². The van der Waals surface area contributed by atoms with Gasteiger partial charge in [-0.05, 0) is 38.0 Å². The SMILES string of the molecule is C[C@H](C(=O)NC1CCCC1)S(=O)(=O)c1cccc(Cl)c1. The van der Waals surface area contributed by atoms with Crippen LogP contribution in [0.1, 0.15) is 32.6 Å². The molecule has 1 N–H and O–H groups in total. The Labute approximate surface area is 124 Å². The number of carbonyl (C=O) groups excluding carboxylic acids is 1. The zero-order valence-electron chi connectivity index (χ0n) is 11.3. The molecule has 1 fully saturated rings. The van der Waals surface area contributed by atoms with Gasteiger partial charge in [-0.2, -0.15) is 0 Å². The zero-order valence-corrected chi connectivity index (χ0v) is 12.9. The molecule has 1 amide bonds. The second-order valence-electron chi connectivity index (χ2n) is 5.13. The maximum absolute atomic E-state index is 12.4. The van der Waals surface area contributed by atoms with Crippen LogP contribution in [0.25, 0.3) is 0 Å². The lowest BCUT2D eigenvalue weighted by Gasteiger charge is -2.17. The van der Waals surface area contributed by atoms with Gasteiger partial charge in [-0.25, -0.2) is 8.42 Å². The summed E-state index contributed by atoms with van der Waals surface area (Å²) < 4.78 is 24.8. The fourth-order valence-electron chi connectivity index (χ4n) is 2.38. The van der Waals surface area contributed by atoms with E-state index < -0.39 is 21.0 Å². The van der Waals surface area contributed by atoms with Crippen LogP contribution in [-0.4, -0.2) is 25.6 Å². The van der Waals surface area contributed by atoms with Gasteiger partial charge in [0.2, 0.25) is 5.91 Å². The summed E-state index contributed by atoms with van der Waals surface area (Å²) in [5.74, 6) is -0.433. The molecule has 0 spiro atoms. The topological polar surface area (TPSA) is 63.2 Å². The van der Waals surface area contributed by atoms with Gasteiger partial charge < -0.3 is 5.32 Å². The van der Waals surface area contributed by atoms with Gasteiger partial charge >= 0.3 is 0 Å². The van der Waals surface area contributed by atoms with Crippen LogP contribution in [-0.2, 0) is 14.6 Å². The van der Waals surface area contributed by atoms with Crippen molar-refractivity contribution in [1.29, 1.82) is 0 Å². The van der Waals surface area contributed by atoms with Crippen molar-refractivity contribution < 1.29 is 13.2 Å². The molecule has 4 nitrogen and oxygen atoms in total. The summed E-state index contributed by atoms with van der Waals surface area (Å²) >= 11 is 5.81. The normalized spacial score (nSPS) is 17.9. The average Bonchev–Trinajstić information content (AvgIpc) is 2.90. The third-order valence-electron chi connectivity index (χ3n) is 3.66. The predicted octanol–water partition coefficient (Wildman–Crippen LogP) is 2.56. The number of nitrogens with one attached hydrogen (secondary N) is 1. The first-order valence-electron chi connectivity index (χ1n) is 6.71. The minimum atomic E-state index is -3.70. The van der Waals surface area contributed by atoms with Crippen LogP contribution < -0.4 is 5.32 Å². The summed E-state index contributed by atoms with van der Waals surface area (Å²) in [5, 5.41) is 2.05. The van der Waals surface area contributed by atoms with Crippen molar-refractivity contribution in [3.05, 3.63) is 29.3 Å². The summed E-state index contributed by atoms with van der Waals surface area (Å²) in [7, 11) is -3.70. The number of amides is 1. The third-order valence-corrected chi connectivity index (χ3v) is 5.95. The van der Waals surface area contributed by atoms with Crippen molar-refractivity contribution >= 4 is 27.3 Å². The Morgan fingerprint density at radius 1 is 1.35 bits per heavy atom. The minimum absolute atomic E-state index is 0.0825. The zero-order chi connectivity index (χ0) is 14.8. The summed E-state index contributed by atoms with van der Waals surface area (Å²) in [5.41, 5.74) is 0. The van der Waals surface area contributed by atoms with Gasteiger partial charge in [0.25, 0.3) is 0 Å². The highest BCUT2D eigenvalue weighted by molar-refractivity contribution is 7.92. The first-order valence-corrected chi connectivity index (χ1v) is 8.63. The molecule has 1 saturated carbocycles. The van der Waals surface area contributed by atoms with E-state index in [2.05, 4.69) is 5.32 Å². The number of benzene rings is 1. The quantitative estimate of drug-likeness (QED) is 0.928. The molecular formula is C14H18ClNO3S. The Bertz CT molecular complexity index is 594. The number of sulfone groups is 1. The monoisotopic (exact) mass is 315 g/mol. The van der Waals surface area contributed by atoms with Crippen molar-refractivity contribution in [2.24, 2.45) is 0 Å². The Hall–Kier alpha value is -1.07. The lowest BCUT2D eigenvalue weighted by molar-refractivity contribution is -0.121. The molecule has 2 rings (SSSR count). The van der Waals surface area contributed by atoms with Crippen LogP contribution in [0.5, 0.6) is 0 Å². The van der Waals surface area contributed by atoms with E-state index in [4.69, 9.17) is 11.6 Å². The lowest BCUT2D eigenvalue weighted by Crippen LogP contribution is -2.42. The van der Waals surface area contributed by atoms with E-state index in [0.29, 0.717) is 5.02 Å². The van der Waals surface area contributed by atoms with Crippen molar-refractivity contribution in [3.8, 4) is 0 Å². The van der Waals surface area contributed by atoms with Gasteiger partial charge in [0, 0.05) is 11.1 Å². The first-order chi connectivity index (χ1) is 9.41. The molecule has 1 aromatic carbocycles. The Balaban J connectivity index is 2.14. The van der Waals surface area contributed by atoms with Crippen LogP contribution in [0.15, 0.2) is 29.2 Å². The fraction of sp³-hybridized carbons (Fsp3) is 0.500. The van der Waals surface area contributed by atoms with Gasteiger partial charge in [-0.15, -0.1) is 0 Å². The molecule has 0 radical (unpaired) electrons. The predicted molar refractivity (Wildman–Crippen MR) is 78.5 cm³/mol. The maximum atomic E-state index is 12.4. The molecule has 110 valence electrons. The first kappa shape index (κ1) is 15.3. The molecule has 0 aromatic heterocycles. The van der Waals surface area contributed by atoms with Crippen LogP contribution >= 0.6 is 11.6 Å². The van der Waals surface area contributed by atoms with Crippen LogP contribution in [0.2, 0.25) is 5.02 Å². The van der Waals surface area contributed by atoms with E-state index in [-0.39, 0.29) is 10.9 Å². The second kappa shape index (κ2) is 6.14. The van der Waals surface area contributed by atoms with Crippen LogP contribution in [0.3, 0.4) is 0 Å². The van der Waals surface area contributed by atoms with E-state index in [9.17, 15) is 13.2 Å². The number of rotatable bonds is 4. The average molecular weight is 316 g/mol. The van der Waals surface area contributed by atoms with Gasteiger partial charge in [-0.3, -0.25) is 4.79 Å². The highest BCUT2D eigenvalue weighted by atomic mass is 35.5. The summed E-state index contributed by atoms with van der Waals surface area (Å²) in [6, 6.07) is 6.11. The Morgan fingerprint density at radius 3 is 2.60 bits per heavy atom. The molecule has 1 aliphatic rings. The van der Waals surface area contributed by atoms with Crippen molar-refractivity contribution in [3.63, 3.8) is 0 Å². The molecule has 1 aromatic rings. The van der Waals surface area contributed by atoms with Crippen molar-refractivity contribution in [2.75, 3.05) is 0 Å². The van der Waals surface area contributed by atoms with Crippen LogP contribution in [0.4, 0.5) is 0 Å². The maximum Gasteiger partial charge on any atom is 0.238 e. The molecule has 1 atom stereocenters. The molecule has 0 bridgehead atoms. The molecule has 0 unspecified atom stereocenters. The minimum Gasteiger partial charge on any atom is -0.352 e. The molecular weight excluding hydrogens is 298 g/mol. The largest absolute Gasteiger partial charge is 0.352 e. The molecule has 0 saturated heterocycles. The number of hydrogen-bond acceptors (Lipinski definition) is 3. The third kappa shape index (κ3) is 3.33. The molecule has 0 heterocycles. The summed E-state index contributed by atoms with van der Waals surface area (Å²) in [4.78, 5) is 12.2. The molecule has 20 heavy (non-hydrogen) atoms. The molecule has 6 heteroatoms. The summed E-state index contributed by atoms with van der Waals surface area (Å²) in [6.45, 7) is 1.42. The number of carbonyl (C=O) groups is 1. The van der Waals surface area contributed by atoms with Gasteiger partial charge in [0.05, 0.1) is 4.90 Å². The number of hydrogen-bond donors (Lipinski definition) is 1. The second-order valence-corrected chi connectivity index (χ2v) is 7.84. The van der Waals surface area contributed by atoms with E-state index in [1.807, 2.05) is 0 Å². The Morgan fingerprint density at radius 2 is 2.00 bits per heavy atom.